The number of hydrogen-bond acceptors (Lipinski definition) is 6. The highest BCUT2D eigenvalue weighted by atomic mass is 32.1. The maximum atomic E-state index is 11.9. The predicted octanol–water partition coefficient (Wildman–Crippen LogP) is 3.48. The van der Waals surface area contributed by atoms with E-state index >= 15 is 0 Å². The number of carbonyl (C=O) groups is 1. The van der Waals surface area contributed by atoms with Crippen molar-refractivity contribution in [3.63, 3.8) is 0 Å². The van der Waals surface area contributed by atoms with Gasteiger partial charge in [-0.25, -0.2) is 14.8 Å². The van der Waals surface area contributed by atoms with Gasteiger partial charge in [0.2, 0.25) is 0 Å². The summed E-state index contributed by atoms with van der Waals surface area (Å²) in [6.45, 7) is 10.1. The summed E-state index contributed by atoms with van der Waals surface area (Å²) in [7, 11) is 0. The third-order valence-electron chi connectivity index (χ3n) is 4.05. The van der Waals surface area contributed by atoms with Crippen molar-refractivity contribution >= 4 is 17.4 Å². The Kier molecular flexibility index (Phi) is 5.58. The number of nitrogens with zero attached hydrogens (tertiary/aromatic N) is 3. The van der Waals surface area contributed by atoms with Gasteiger partial charge < -0.3 is 10.1 Å². The first kappa shape index (κ1) is 18.8. The molecule has 1 aliphatic heterocycles. The van der Waals surface area contributed by atoms with Crippen molar-refractivity contribution in [1.29, 1.82) is 0 Å². The number of fused-ring (bicyclic) bond motifs is 1. The summed E-state index contributed by atoms with van der Waals surface area (Å²) in [5.74, 6) is 0.812. The molecule has 1 aliphatic rings. The average molecular weight is 375 g/mol. The van der Waals surface area contributed by atoms with E-state index in [-0.39, 0.29) is 12.1 Å². The Morgan fingerprint density at radius 3 is 2.96 bits per heavy atom. The van der Waals surface area contributed by atoms with E-state index in [1.807, 2.05) is 51.4 Å². The van der Waals surface area contributed by atoms with E-state index in [1.54, 1.807) is 11.3 Å². The van der Waals surface area contributed by atoms with Crippen LogP contribution in [0.5, 0.6) is 0 Å². The lowest BCUT2D eigenvalue weighted by atomic mass is 10.1. The molecule has 6 nitrogen and oxygen atoms in total. The van der Waals surface area contributed by atoms with Gasteiger partial charge in [-0.2, -0.15) is 0 Å². The summed E-state index contributed by atoms with van der Waals surface area (Å²) in [4.78, 5) is 24.6. The van der Waals surface area contributed by atoms with Crippen LogP contribution >= 0.6 is 11.3 Å². The Balaban J connectivity index is 1.56. The smallest absolute Gasteiger partial charge is 0.407 e. The van der Waals surface area contributed by atoms with Crippen molar-refractivity contribution in [3.05, 3.63) is 35.0 Å². The van der Waals surface area contributed by atoms with Crippen LogP contribution in [0.15, 0.2) is 23.7 Å². The number of hydrogen-bond donors (Lipinski definition) is 1. The molecule has 0 radical (unpaired) electrons. The maximum Gasteiger partial charge on any atom is 0.407 e. The Hall–Kier alpha value is -1.99. The molecule has 140 valence electrons. The van der Waals surface area contributed by atoms with Crippen molar-refractivity contribution in [2.45, 2.75) is 52.3 Å². The van der Waals surface area contributed by atoms with Crippen LogP contribution in [0.3, 0.4) is 0 Å². The van der Waals surface area contributed by atoms with Crippen LogP contribution < -0.4 is 5.32 Å². The number of alkyl carbamates (subject to hydrolysis) is 1. The van der Waals surface area contributed by atoms with Crippen LogP contribution in [-0.4, -0.2) is 45.7 Å². The normalized spacial score (nSPS) is 16.0. The average Bonchev–Trinajstić information content (AvgIpc) is 3.06. The van der Waals surface area contributed by atoms with Gasteiger partial charge in [-0.05, 0) is 39.1 Å². The number of rotatable bonds is 4. The Morgan fingerprint density at radius 1 is 1.46 bits per heavy atom. The number of amides is 1. The first-order valence-electron chi connectivity index (χ1n) is 8.91. The highest BCUT2D eigenvalue weighted by Crippen LogP contribution is 2.24. The molecule has 26 heavy (non-hydrogen) atoms. The summed E-state index contributed by atoms with van der Waals surface area (Å²) in [5.41, 5.74) is 1.82. The van der Waals surface area contributed by atoms with Crippen LogP contribution in [0, 0.1) is 0 Å². The summed E-state index contributed by atoms with van der Waals surface area (Å²) in [5, 5.41) is 4.94. The third kappa shape index (κ3) is 5.02. The monoisotopic (exact) mass is 374 g/mol. The minimum Gasteiger partial charge on any atom is -0.444 e. The molecule has 1 atom stereocenters. The van der Waals surface area contributed by atoms with E-state index in [1.165, 1.54) is 5.56 Å². The second-order valence-electron chi connectivity index (χ2n) is 7.68. The molecule has 0 spiro atoms. The Morgan fingerprint density at radius 2 is 2.27 bits per heavy atom. The van der Waals surface area contributed by atoms with E-state index < -0.39 is 5.60 Å². The molecule has 1 N–H and O–H groups in total. The zero-order valence-corrected chi connectivity index (χ0v) is 16.6. The summed E-state index contributed by atoms with van der Waals surface area (Å²) < 4.78 is 5.31. The zero-order valence-electron chi connectivity index (χ0n) is 15.8. The maximum absolute atomic E-state index is 11.9. The molecular weight excluding hydrogens is 348 g/mol. The van der Waals surface area contributed by atoms with Gasteiger partial charge in [0.05, 0.1) is 10.6 Å². The second-order valence-corrected chi connectivity index (χ2v) is 8.62. The molecule has 3 rings (SSSR count). The van der Waals surface area contributed by atoms with Crippen molar-refractivity contribution in [2.75, 3.05) is 13.1 Å². The van der Waals surface area contributed by atoms with Gasteiger partial charge in [0.15, 0.2) is 5.82 Å². The van der Waals surface area contributed by atoms with E-state index in [9.17, 15) is 4.79 Å². The third-order valence-corrected chi connectivity index (χ3v) is 4.92. The number of carbonyl (C=O) groups excluding carboxylic acids is 1. The van der Waals surface area contributed by atoms with Gasteiger partial charge in [0, 0.05) is 43.9 Å². The van der Waals surface area contributed by atoms with Gasteiger partial charge in [-0.3, -0.25) is 4.90 Å². The molecule has 3 heterocycles. The molecule has 1 amide bonds. The van der Waals surface area contributed by atoms with Crippen LogP contribution in [-0.2, 0) is 17.7 Å². The molecule has 0 fully saturated rings. The molecule has 2 aromatic heterocycles. The molecule has 0 aromatic carbocycles. The lowest BCUT2D eigenvalue weighted by Gasteiger charge is -2.30. The van der Waals surface area contributed by atoms with Crippen molar-refractivity contribution in [2.24, 2.45) is 0 Å². The zero-order chi connectivity index (χ0) is 18.7. The summed E-state index contributed by atoms with van der Waals surface area (Å²) in [6, 6.07) is 4.08. The van der Waals surface area contributed by atoms with E-state index in [2.05, 4.69) is 15.2 Å². The fourth-order valence-corrected chi connectivity index (χ4v) is 3.66. The van der Waals surface area contributed by atoms with E-state index in [0.717, 1.165) is 42.5 Å². The molecule has 2 aromatic rings. The lowest BCUT2D eigenvalue weighted by molar-refractivity contribution is 0.0495. The first-order chi connectivity index (χ1) is 12.3. The predicted molar refractivity (Wildman–Crippen MR) is 103 cm³/mol. The van der Waals surface area contributed by atoms with Gasteiger partial charge in [0.25, 0.3) is 0 Å². The lowest BCUT2D eigenvalue weighted by Crippen LogP contribution is -2.45. The number of thiophene rings is 1. The number of nitrogens with one attached hydrogen (secondary N) is 1. The van der Waals surface area contributed by atoms with Crippen LogP contribution in [0.25, 0.3) is 10.7 Å². The number of ether oxygens (including phenoxy) is 1. The van der Waals surface area contributed by atoms with E-state index in [4.69, 9.17) is 9.72 Å². The first-order valence-corrected chi connectivity index (χ1v) is 9.78. The highest BCUT2D eigenvalue weighted by molar-refractivity contribution is 7.13. The molecule has 0 saturated carbocycles. The second kappa shape index (κ2) is 7.72. The largest absolute Gasteiger partial charge is 0.444 e. The fourth-order valence-electron chi connectivity index (χ4n) is 3.00. The number of aromatic nitrogens is 2. The van der Waals surface area contributed by atoms with Gasteiger partial charge >= 0.3 is 6.09 Å². The Bertz CT molecular complexity index is 755. The van der Waals surface area contributed by atoms with Gasteiger partial charge in [0.1, 0.15) is 5.60 Å². The minimum absolute atomic E-state index is 0.0118. The standard InChI is InChI=1S/C19H26N4O2S/c1-13(21-18(24)25-19(2,3)4)11-23-8-7-15-14(12-23)10-20-17(22-15)16-6-5-9-26-16/h5-6,9-10,13H,7-8,11-12H2,1-4H3,(H,21,24). The van der Waals surface area contributed by atoms with Gasteiger partial charge in [-0.15, -0.1) is 11.3 Å². The van der Waals surface area contributed by atoms with Crippen LogP contribution in [0.4, 0.5) is 4.79 Å². The van der Waals surface area contributed by atoms with Crippen molar-refractivity contribution in [3.8, 4) is 10.7 Å². The molecule has 1 unspecified atom stereocenters. The molecule has 0 aliphatic carbocycles. The molecule has 0 bridgehead atoms. The van der Waals surface area contributed by atoms with Crippen molar-refractivity contribution < 1.29 is 9.53 Å². The molecule has 7 heteroatoms. The van der Waals surface area contributed by atoms with Gasteiger partial charge in [-0.1, -0.05) is 6.07 Å². The Labute approximate surface area is 158 Å². The molecular formula is C19H26N4O2S. The topological polar surface area (TPSA) is 67.4 Å². The van der Waals surface area contributed by atoms with Crippen molar-refractivity contribution in [1.82, 2.24) is 20.2 Å². The van der Waals surface area contributed by atoms with Crippen LogP contribution in [0.1, 0.15) is 39.0 Å². The SMILES string of the molecule is CC(CN1CCc2nc(-c3cccs3)ncc2C1)NC(=O)OC(C)(C)C. The molecule has 0 saturated heterocycles. The highest BCUT2D eigenvalue weighted by Gasteiger charge is 2.22. The van der Waals surface area contributed by atoms with Crippen LogP contribution in [0.2, 0.25) is 0 Å². The summed E-state index contributed by atoms with van der Waals surface area (Å²) in [6.07, 6.45) is 2.47. The quantitative estimate of drug-likeness (QED) is 0.887. The van der Waals surface area contributed by atoms with E-state index in [0.29, 0.717) is 0 Å². The summed E-state index contributed by atoms with van der Waals surface area (Å²) >= 11 is 1.66. The fraction of sp³-hybridized carbons (Fsp3) is 0.526. The minimum atomic E-state index is -0.481.